The van der Waals surface area contributed by atoms with Gasteiger partial charge in [-0.3, -0.25) is 9.59 Å². The molecule has 0 spiro atoms. The highest BCUT2D eigenvalue weighted by Crippen LogP contribution is 2.13. The van der Waals surface area contributed by atoms with Gasteiger partial charge in [0.1, 0.15) is 13.2 Å². The molecule has 1 N–H and O–H groups in total. The van der Waals surface area contributed by atoms with E-state index in [0.29, 0.717) is 17.4 Å². The van der Waals surface area contributed by atoms with Crippen LogP contribution in [0, 0.1) is 0 Å². The molecule has 0 amide bonds. The minimum absolute atomic E-state index is 0.177. The Kier molecular flexibility index (Phi) is 38.7. The summed E-state index contributed by atoms with van der Waals surface area (Å²) in [5, 5.41) is 9.64. The number of unbranched alkanes of at least 4 members (excludes halogenated alkanes) is 11. The number of ether oxygens (including phenoxy) is 4. The Balaban J connectivity index is 4.50. The summed E-state index contributed by atoms with van der Waals surface area (Å²) in [5.74, 6) is -2.06. The van der Waals surface area contributed by atoms with Crippen LogP contribution in [0.2, 0.25) is 0 Å². The van der Waals surface area contributed by atoms with Gasteiger partial charge in [-0.25, -0.2) is 4.79 Å². The highest BCUT2D eigenvalue weighted by Gasteiger charge is 2.25. The number of esters is 2. The van der Waals surface area contributed by atoms with Crippen molar-refractivity contribution >= 4 is 17.9 Å². The first kappa shape index (κ1) is 55.5. The fourth-order valence-corrected chi connectivity index (χ4v) is 5.66. The summed E-state index contributed by atoms with van der Waals surface area (Å²) in [4.78, 5) is 37.1. The zero-order chi connectivity index (χ0) is 43.5. The van der Waals surface area contributed by atoms with Crippen LogP contribution in [0.25, 0.3) is 0 Å². The Morgan fingerprint density at radius 2 is 0.915 bits per heavy atom. The van der Waals surface area contributed by atoms with E-state index in [1.165, 1.54) is 0 Å². The number of hydrogen-bond acceptors (Lipinski definition) is 7. The van der Waals surface area contributed by atoms with Crippen molar-refractivity contribution in [2.75, 3.05) is 47.5 Å². The van der Waals surface area contributed by atoms with Gasteiger partial charge in [0.2, 0.25) is 0 Å². The van der Waals surface area contributed by atoms with Crippen LogP contribution in [-0.4, -0.2) is 87.4 Å². The number of carboxylic acids is 1. The third-order valence-electron chi connectivity index (χ3n) is 9.15. The first-order valence-corrected chi connectivity index (χ1v) is 22.8. The molecule has 2 atom stereocenters. The Bertz CT molecular complexity index is 1240. The smallest absolute Gasteiger partial charge is 0.361 e. The predicted octanol–water partition coefficient (Wildman–Crippen LogP) is 12.1. The molecule has 0 aliphatic rings. The normalized spacial score (nSPS) is 13.7. The first-order chi connectivity index (χ1) is 28.6. The summed E-state index contributed by atoms with van der Waals surface area (Å²) >= 11 is 0. The predicted molar refractivity (Wildman–Crippen MR) is 244 cm³/mol. The molecule has 0 radical (unpaired) electrons. The summed E-state index contributed by atoms with van der Waals surface area (Å²) < 4.78 is 22.7. The Labute approximate surface area is 359 Å². The lowest BCUT2D eigenvalue weighted by Crippen LogP contribution is -2.40. The third-order valence-corrected chi connectivity index (χ3v) is 9.15. The van der Waals surface area contributed by atoms with Crippen molar-refractivity contribution in [3.8, 4) is 0 Å². The lowest BCUT2D eigenvalue weighted by Gasteiger charge is -2.25. The zero-order valence-corrected chi connectivity index (χ0v) is 37.9. The topological polar surface area (TPSA) is 108 Å². The summed E-state index contributed by atoms with van der Waals surface area (Å²) in [6.07, 6.45) is 49.2. The zero-order valence-electron chi connectivity index (χ0n) is 37.9. The van der Waals surface area contributed by atoms with Crippen LogP contribution in [0.5, 0.6) is 0 Å². The van der Waals surface area contributed by atoms with Gasteiger partial charge in [-0.05, 0) is 83.5 Å². The minimum atomic E-state index is -1.52. The van der Waals surface area contributed by atoms with E-state index in [2.05, 4.69) is 98.9 Å². The summed E-state index contributed by atoms with van der Waals surface area (Å²) in [6, 6.07) is 0. The van der Waals surface area contributed by atoms with Gasteiger partial charge in [-0.15, -0.1) is 0 Å². The summed E-state index contributed by atoms with van der Waals surface area (Å²) in [7, 11) is 5.93. The molecule has 0 aromatic rings. The molecule has 0 aromatic heterocycles. The van der Waals surface area contributed by atoms with E-state index >= 15 is 0 Å². The Morgan fingerprint density at radius 1 is 0.508 bits per heavy atom. The summed E-state index contributed by atoms with van der Waals surface area (Å²) in [5.41, 5.74) is 0. The second-order valence-corrected chi connectivity index (χ2v) is 15.9. The number of allylic oxidation sites excluding steroid dienone is 14. The van der Waals surface area contributed by atoms with Gasteiger partial charge in [0.25, 0.3) is 6.29 Å². The molecule has 59 heavy (non-hydrogen) atoms. The number of carbonyl (C=O) groups is 3. The first-order valence-electron chi connectivity index (χ1n) is 22.8. The van der Waals surface area contributed by atoms with Crippen molar-refractivity contribution in [2.24, 2.45) is 0 Å². The molecule has 0 saturated carbocycles. The van der Waals surface area contributed by atoms with Gasteiger partial charge in [-0.1, -0.05) is 144 Å². The average Bonchev–Trinajstić information content (AvgIpc) is 3.19. The fourth-order valence-electron chi connectivity index (χ4n) is 5.66. The van der Waals surface area contributed by atoms with E-state index in [4.69, 9.17) is 18.9 Å². The van der Waals surface area contributed by atoms with Gasteiger partial charge in [0, 0.05) is 12.8 Å². The number of aliphatic carboxylic acids is 1. The van der Waals surface area contributed by atoms with E-state index in [0.717, 1.165) is 122 Å². The van der Waals surface area contributed by atoms with Crippen LogP contribution in [0.1, 0.15) is 155 Å². The largest absolute Gasteiger partial charge is 0.477 e. The molecule has 9 heteroatoms. The monoisotopic (exact) mass is 827 g/mol. The number of rotatable bonds is 40. The molecule has 0 bridgehead atoms. The van der Waals surface area contributed by atoms with Gasteiger partial charge in [0.05, 0.1) is 34.4 Å². The number of carbonyl (C=O) groups excluding carboxylic acids is 2. The van der Waals surface area contributed by atoms with Crippen molar-refractivity contribution in [3.63, 3.8) is 0 Å². The van der Waals surface area contributed by atoms with Crippen LogP contribution >= 0.6 is 0 Å². The highest BCUT2D eigenvalue weighted by atomic mass is 16.7. The fraction of sp³-hybridized carbons (Fsp3) is 0.660. The number of nitrogens with zero attached hydrogens (tertiary/aromatic N) is 1. The third kappa shape index (κ3) is 42.4. The van der Waals surface area contributed by atoms with E-state index in [-0.39, 0.29) is 38.6 Å². The minimum Gasteiger partial charge on any atom is -0.477 e. The number of likely N-dealkylation sites (N-methyl/N-ethyl adjacent to an activating group) is 1. The average molecular weight is 827 g/mol. The SMILES string of the molecule is CC/C=C\C/C=C\C/C=C\C/C=C\CCCCCCCCC(=O)OC(COC(=O)CCCCCCC/C=C\C/C=C\C/C=C\CC)COC(OCC[N+](C)(C)C)C(=O)O. The van der Waals surface area contributed by atoms with Gasteiger partial charge < -0.3 is 28.5 Å². The molecule has 0 heterocycles. The van der Waals surface area contributed by atoms with E-state index < -0.39 is 24.3 Å². The Morgan fingerprint density at radius 3 is 1.36 bits per heavy atom. The quantitative estimate of drug-likeness (QED) is 0.0214. The second-order valence-electron chi connectivity index (χ2n) is 15.9. The van der Waals surface area contributed by atoms with Crippen LogP contribution in [0.15, 0.2) is 85.1 Å². The van der Waals surface area contributed by atoms with Crippen molar-refractivity contribution in [1.82, 2.24) is 0 Å². The van der Waals surface area contributed by atoms with Crippen LogP contribution in [0.3, 0.4) is 0 Å². The van der Waals surface area contributed by atoms with Crippen molar-refractivity contribution in [3.05, 3.63) is 85.1 Å². The van der Waals surface area contributed by atoms with Crippen LogP contribution in [0.4, 0.5) is 0 Å². The van der Waals surface area contributed by atoms with Crippen molar-refractivity contribution in [2.45, 2.75) is 167 Å². The lowest BCUT2D eigenvalue weighted by atomic mass is 10.1. The standard InChI is InChI=1S/C50H83NO8/c1-6-8-10-12-14-16-18-20-22-23-24-25-27-29-31-33-35-37-39-41-48(53)59-46(45-58-50(49(54)55)56-43-42-51(3,4)5)44-57-47(52)40-38-36-34-32-30-28-26-21-19-17-15-13-11-9-7-2/h8-11,14-17,20-22,24-26,46,50H,6-7,12-13,18-19,23,27-45H2,1-5H3/p+1/b10-8-,11-9-,16-14-,17-15-,22-20-,25-24-,26-21-. The number of hydrogen-bond donors (Lipinski definition) is 1. The second kappa shape index (κ2) is 41.2. The Hall–Kier alpha value is -3.53. The molecule has 0 fully saturated rings. The molecular weight excluding hydrogens is 743 g/mol. The molecule has 0 aliphatic carbocycles. The molecule has 0 aromatic carbocycles. The molecule has 336 valence electrons. The summed E-state index contributed by atoms with van der Waals surface area (Å²) in [6.45, 7) is 4.58. The molecule has 2 unspecified atom stereocenters. The van der Waals surface area contributed by atoms with E-state index in [9.17, 15) is 19.5 Å². The van der Waals surface area contributed by atoms with Crippen molar-refractivity contribution in [1.29, 1.82) is 0 Å². The molecule has 9 nitrogen and oxygen atoms in total. The molecule has 0 rings (SSSR count). The van der Waals surface area contributed by atoms with Gasteiger partial charge >= 0.3 is 17.9 Å². The number of carboxylic acid groups (broad SMARTS) is 1. The maximum atomic E-state index is 12.8. The van der Waals surface area contributed by atoms with Gasteiger partial charge in [0.15, 0.2) is 6.10 Å². The highest BCUT2D eigenvalue weighted by molar-refractivity contribution is 5.71. The van der Waals surface area contributed by atoms with E-state index in [1.54, 1.807) is 0 Å². The molecule has 0 saturated heterocycles. The molecular formula is C50H84NO8+. The lowest BCUT2D eigenvalue weighted by molar-refractivity contribution is -0.870. The van der Waals surface area contributed by atoms with E-state index in [1.807, 2.05) is 21.1 Å². The maximum absolute atomic E-state index is 12.8. The molecule has 0 aliphatic heterocycles. The van der Waals surface area contributed by atoms with Gasteiger partial charge in [-0.2, -0.15) is 0 Å². The van der Waals surface area contributed by atoms with Crippen molar-refractivity contribution < 1.29 is 42.9 Å². The maximum Gasteiger partial charge on any atom is 0.361 e. The number of quaternary nitrogens is 1. The van der Waals surface area contributed by atoms with Crippen LogP contribution in [-0.2, 0) is 33.3 Å². The van der Waals surface area contributed by atoms with Crippen LogP contribution < -0.4 is 0 Å².